The number of hydrogen-bond acceptors (Lipinski definition) is 6. The molecule has 322 valence electrons. The van der Waals surface area contributed by atoms with Gasteiger partial charge in [0, 0.05) is 76.3 Å². The van der Waals surface area contributed by atoms with Crippen LogP contribution in [0.3, 0.4) is 0 Å². The van der Waals surface area contributed by atoms with Crippen LogP contribution in [-0.2, 0) is 12.8 Å². The first kappa shape index (κ1) is 38.1. The van der Waals surface area contributed by atoms with Crippen LogP contribution in [0.5, 0.6) is 23.0 Å². The first-order valence-corrected chi connectivity index (χ1v) is 24.2. The summed E-state index contributed by atoms with van der Waals surface area (Å²) in [6.45, 7) is 2.04. The monoisotopic (exact) mass is 874 g/mol. The molecule has 0 aliphatic carbocycles. The predicted octanol–water partition coefficient (Wildman–Crippen LogP) is 10.7. The summed E-state index contributed by atoms with van der Waals surface area (Å²) in [5.41, 5.74) is 21.8. The summed E-state index contributed by atoms with van der Waals surface area (Å²) in [6, 6.07) is 70.6. The second-order valence-electron chi connectivity index (χ2n) is 18.9. The molecular weight excluding hydrogens is 830 g/mol. The van der Waals surface area contributed by atoms with Crippen molar-refractivity contribution >= 4 is 103 Å². The fraction of sp³-hybridized carbons (Fsp3) is 0.100. The van der Waals surface area contributed by atoms with Crippen molar-refractivity contribution in [2.24, 2.45) is 0 Å². The summed E-state index contributed by atoms with van der Waals surface area (Å²) >= 11 is 0. The lowest BCUT2D eigenvalue weighted by Crippen LogP contribution is -2.64. The van der Waals surface area contributed by atoms with Gasteiger partial charge in [-0.3, -0.25) is 0 Å². The molecule has 0 saturated heterocycles. The Morgan fingerprint density at radius 3 is 1.72 bits per heavy atom. The van der Waals surface area contributed by atoms with E-state index in [1.165, 1.54) is 61.0 Å². The van der Waals surface area contributed by atoms with Crippen LogP contribution in [0.15, 0.2) is 194 Å². The van der Waals surface area contributed by atoms with Crippen LogP contribution in [0.1, 0.15) is 24.0 Å². The number of rotatable bonds is 5. The minimum absolute atomic E-state index is 0.0303. The van der Waals surface area contributed by atoms with Gasteiger partial charge in [-0.2, -0.15) is 0 Å². The molecular formula is C60H44B2N4O2. The largest absolute Gasteiger partial charge is 0.458 e. The van der Waals surface area contributed by atoms with Gasteiger partial charge in [-0.15, -0.1) is 0 Å². The van der Waals surface area contributed by atoms with E-state index in [4.69, 9.17) is 9.47 Å². The molecule has 0 unspecified atom stereocenters. The van der Waals surface area contributed by atoms with Crippen molar-refractivity contribution in [3.05, 3.63) is 205 Å². The fourth-order valence-electron chi connectivity index (χ4n) is 12.7. The minimum Gasteiger partial charge on any atom is -0.458 e. The van der Waals surface area contributed by atoms with Gasteiger partial charge < -0.3 is 29.1 Å². The van der Waals surface area contributed by atoms with Crippen molar-refractivity contribution in [2.75, 3.05) is 32.7 Å². The summed E-state index contributed by atoms with van der Waals surface area (Å²) in [6.07, 6.45) is 4.33. The van der Waals surface area contributed by atoms with E-state index in [-0.39, 0.29) is 13.4 Å². The molecule has 9 aromatic rings. The van der Waals surface area contributed by atoms with Crippen molar-refractivity contribution in [1.29, 1.82) is 0 Å². The number of ether oxygens (including phenoxy) is 2. The Morgan fingerprint density at radius 1 is 0.397 bits per heavy atom. The zero-order valence-corrected chi connectivity index (χ0v) is 37.5. The number of nitrogens with zero attached hydrogens (tertiary/aromatic N) is 4. The number of fused-ring (bicyclic) bond motifs is 10. The average molecular weight is 875 g/mol. The van der Waals surface area contributed by atoms with Crippen molar-refractivity contribution in [3.8, 4) is 23.0 Å². The molecule has 6 heterocycles. The molecule has 6 aliphatic rings. The van der Waals surface area contributed by atoms with E-state index in [0.717, 1.165) is 102 Å². The average Bonchev–Trinajstić information content (AvgIpc) is 3.40. The van der Waals surface area contributed by atoms with Crippen LogP contribution >= 0.6 is 0 Å². The highest BCUT2D eigenvalue weighted by molar-refractivity contribution is 7.02. The van der Waals surface area contributed by atoms with Gasteiger partial charge in [0.25, 0.3) is 13.4 Å². The van der Waals surface area contributed by atoms with Gasteiger partial charge >= 0.3 is 0 Å². The van der Waals surface area contributed by atoms with E-state index in [1.54, 1.807) is 0 Å². The third-order valence-electron chi connectivity index (χ3n) is 15.3. The molecule has 0 atom stereocenters. The second kappa shape index (κ2) is 14.7. The first-order valence-electron chi connectivity index (χ1n) is 24.2. The lowest BCUT2D eigenvalue weighted by atomic mass is 9.30. The molecule has 15 rings (SSSR count). The SMILES string of the molecule is c1ccc(N(c2ccccc2)c2cc3c4c(c2)N(c2ccccc2)c2ccccc2B4c2cc4c(cc2O3)N(c2ccccc2)c2c3c5c(c6c2B4c2ccccc2O6)CCCN5CCC3)cc1. The first-order chi connectivity index (χ1) is 33.8. The Bertz CT molecular complexity index is 3480. The lowest BCUT2D eigenvalue weighted by molar-refractivity contribution is 0.475. The molecule has 6 nitrogen and oxygen atoms in total. The van der Waals surface area contributed by atoms with Crippen molar-refractivity contribution < 1.29 is 9.47 Å². The molecule has 0 radical (unpaired) electrons. The highest BCUT2D eigenvalue weighted by atomic mass is 16.5. The number of benzene rings is 9. The fourth-order valence-corrected chi connectivity index (χ4v) is 12.7. The van der Waals surface area contributed by atoms with Crippen LogP contribution in [0.25, 0.3) is 0 Å². The molecule has 0 spiro atoms. The van der Waals surface area contributed by atoms with E-state index < -0.39 is 0 Å². The summed E-state index contributed by atoms with van der Waals surface area (Å²) < 4.78 is 14.8. The number of para-hydroxylation sites is 6. The van der Waals surface area contributed by atoms with Gasteiger partial charge in [0.2, 0.25) is 0 Å². The second-order valence-corrected chi connectivity index (χ2v) is 18.9. The van der Waals surface area contributed by atoms with Gasteiger partial charge in [0.05, 0.1) is 11.4 Å². The molecule has 0 fully saturated rings. The van der Waals surface area contributed by atoms with Crippen LogP contribution in [0.2, 0.25) is 0 Å². The van der Waals surface area contributed by atoms with E-state index in [2.05, 4.69) is 214 Å². The van der Waals surface area contributed by atoms with E-state index >= 15 is 0 Å². The van der Waals surface area contributed by atoms with Crippen LogP contribution in [0.4, 0.5) is 56.9 Å². The molecule has 68 heavy (non-hydrogen) atoms. The zero-order chi connectivity index (χ0) is 44.5. The van der Waals surface area contributed by atoms with Crippen LogP contribution in [-0.4, -0.2) is 26.5 Å². The molecule has 8 heteroatoms. The zero-order valence-electron chi connectivity index (χ0n) is 37.5. The summed E-state index contributed by atoms with van der Waals surface area (Å²) in [7, 11) is 0. The number of hydrogen-bond donors (Lipinski definition) is 0. The predicted molar refractivity (Wildman–Crippen MR) is 282 cm³/mol. The molecule has 0 N–H and O–H groups in total. The Balaban J connectivity index is 1.02. The normalized spacial score (nSPS) is 15.1. The summed E-state index contributed by atoms with van der Waals surface area (Å²) in [5.74, 6) is 3.77. The quantitative estimate of drug-likeness (QED) is 0.160. The highest BCUT2D eigenvalue weighted by Crippen LogP contribution is 2.52. The third-order valence-corrected chi connectivity index (χ3v) is 15.3. The minimum atomic E-state index is -0.0967. The Labute approximate surface area is 397 Å². The third kappa shape index (κ3) is 5.43. The Morgan fingerprint density at radius 2 is 1.00 bits per heavy atom. The summed E-state index contributed by atoms with van der Waals surface area (Å²) in [5, 5.41) is 0. The van der Waals surface area contributed by atoms with Crippen LogP contribution < -0.4 is 61.9 Å². The van der Waals surface area contributed by atoms with Crippen LogP contribution in [0, 0.1) is 0 Å². The molecule has 0 saturated carbocycles. The van der Waals surface area contributed by atoms with Crippen molar-refractivity contribution in [2.45, 2.75) is 25.7 Å². The standard InChI is InChI=1S/C60H44B2N4O2/c1-5-19-39(20-6-1)64(40-21-7-2-8-22-40)43-35-52-56-55(36-43)67-54-38-51-48(37-49(54)61(56)46-29-13-15-31-50(46)65(52)41-23-9-3-10-24-41)62-47-30-14-16-32-53(47)68-60-45-28-18-34-63-33-17-27-44(58(45)63)59(57(60)62)66(51)42-25-11-4-12-26-42/h1-16,19-26,29-32,35-38H,17-18,27-28,33-34H2. The molecule has 0 amide bonds. The Kier molecular flexibility index (Phi) is 8.23. The number of anilines is 10. The van der Waals surface area contributed by atoms with Crippen molar-refractivity contribution in [3.63, 3.8) is 0 Å². The molecule has 0 bridgehead atoms. The van der Waals surface area contributed by atoms with Gasteiger partial charge in [-0.05, 0) is 131 Å². The maximum atomic E-state index is 7.56. The topological polar surface area (TPSA) is 31.4 Å². The highest BCUT2D eigenvalue weighted by Gasteiger charge is 2.49. The van der Waals surface area contributed by atoms with Gasteiger partial charge in [0.1, 0.15) is 23.0 Å². The van der Waals surface area contributed by atoms with Gasteiger partial charge in [-0.1, -0.05) is 115 Å². The smallest absolute Gasteiger partial charge is 0.256 e. The molecule has 6 aliphatic heterocycles. The van der Waals surface area contributed by atoms with Gasteiger partial charge in [0.15, 0.2) is 0 Å². The maximum absolute atomic E-state index is 7.56. The van der Waals surface area contributed by atoms with Crippen molar-refractivity contribution in [1.82, 2.24) is 0 Å². The molecule has 9 aromatic carbocycles. The van der Waals surface area contributed by atoms with E-state index in [1.807, 2.05) is 0 Å². The maximum Gasteiger partial charge on any atom is 0.256 e. The Hall–Kier alpha value is -8.09. The molecule has 0 aromatic heterocycles. The van der Waals surface area contributed by atoms with Gasteiger partial charge in [-0.25, -0.2) is 0 Å². The van der Waals surface area contributed by atoms with E-state index in [0.29, 0.717) is 0 Å². The lowest BCUT2D eigenvalue weighted by Gasteiger charge is -2.47. The van der Waals surface area contributed by atoms with E-state index in [9.17, 15) is 0 Å². The summed E-state index contributed by atoms with van der Waals surface area (Å²) in [4.78, 5) is 10.0.